The van der Waals surface area contributed by atoms with Gasteiger partial charge >= 0.3 is 0 Å². The van der Waals surface area contributed by atoms with Crippen LogP contribution in [0.15, 0.2) is 48.5 Å². The monoisotopic (exact) mass is 338 g/mol. The maximum Gasteiger partial charge on any atom is 0.231 e. The highest BCUT2D eigenvalue weighted by molar-refractivity contribution is 5.78. The van der Waals surface area contributed by atoms with Crippen LogP contribution in [0.5, 0.6) is 11.5 Å². The van der Waals surface area contributed by atoms with Crippen molar-refractivity contribution in [1.29, 1.82) is 0 Å². The van der Waals surface area contributed by atoms with E-state index in [-0.39, 0.29) is 5.91 Å². The fourth-order valence-corrected chi connectivity index (χ4v) is 3.34. The molecular weight excluding hydrogens is 316 g/mol. The third-order valence-corrected chi connectivity index (χ3v) is 4.77. The lowest BCUT2D eigenvalue weighted by Gasteiger charge is -2.34. The molecule has 2 aromatic rings. The van der Waals surface area contributed by atoms with Gasteiger partial charge in [0, 0.05) is 32.7 Å². The molecule has 2 aromatic carbocycles. The minimum absolute atomic E-state index is 0.217. The Labute approximate surface area is 147 Å². The Morgan fingerprint density at radius 3 is 2.44 bits per heavy atom. The van der Waals surface area contributed by atoms with E-state index in [1.165, 1.54) is 5.56 Å². The second kappa shape index (κ2) is 7.15. The van der Waals surface area contributed by atoms with Gasteiger partial charge in [0.15, 0.2) is 11.5 Å². The standard InChI is InChI=1S/C20H22N2O3/c23-20(13-16-4-2-1-3-5-16)22-10-8-21(9-11-22)14-17-6-7-18-19(12-17)25-15-24-18/h1-7,12H,8-11,13-15H2. The fraction of sp³-hybridized carbons (Fsp3) is 0.350. The van der Waals surface area contributed by atoms with Crippen LogP contribution in [0.3, 0.4) is 0 Å². The van der Waals surface area contributed by atoms with E-state index < -0.39 is 0 Å². The van der Waals surface area contributed by atoms with E-state index in [4.69, 9.17) is 9.47 Å². The first kappa shape index (κ1) is 16.0. The van der Waals surface area contributed by atoms with Crippen molar-refractivity contribution in [2.75, 3.05) is 33.0 Å². The largest absolute Gasteiger partial charge is 0.454 e. The maximum atomic E-state index is 12.4. The summed E-state index contributed by atoms with van der Waals surface area (Å²) in [7, 11) is 0. The van der Waals surface area contributed by atoms with Gasteiger partial charge in [-0.25, -0.2) is 0 Å². The highest BCUT2D eigenvalue weighted by Gasteiger charge is 2.22. The summed E-state index contributed by atoms with van der Waals surface area (Å²) in [5, 5.41) is 0. The summed E-state index contributed by atoms with van der Waals surface area (Å²) in [6.07, 6.45) is 0.489. The molecule has 0 radical (unpaired) electrons. The highest BCUT2D eigenvalue weighted by atomic mass is 16.7. The van der Waals surface area contributed by atoms with Crippen molar-refractivity contribution in [2.45, 2.75) is 13.0 Å². The minimum atomic E-state index is 0.217. The number of carbonyl (C=O) groups is 1. The number of hydrogen-bond acceptors (Lipinski definition) is 4. The molecule has 25 heavy (non-hydrogen) atoms. The number of hydrogen-bond donors (Lipinski definition) is 0. The molecular formula is C20H22N2O3. The number of amides is 1. The molecule has 0 aliphatic carbocycles. The molecule has 0 spiro atoms. The number of rotatable bonds is 4. The first-order valence-electron chi connectivity index (χ1n) is 8.70. The second-order valence-corrected chi connectivity index (χ2v) is 6.51. The first-order valence-corrected chi connectivity index (χ1v) is 8.70. The molecule has 1 amide bonds. The van der Waals surface area contributed by atoms with Gasteiger partial charge in [-0.15, -0.1) is 0 Å². The van der Waals surface area contributed by atoms with Gasteiger partial charge in [0.2, 0.25) is 12.7 Å². The summed E-state index contributed by atoms with van der Waals surface area (Å²) in [6.45, 7) is 4.55. The Bertz CT molecular complexity index is 740. The lowest BCUT2D eigenvalue weighted by Crippen LogP contribution is -2.48. The van der Waals surface area contributed by atoms with Crippen LogP contribution >= 0.6 is 0 Å². The van der Waals surface area contributed by atoms with Crippen molar-refractivity contribution in [3.8, 4) is 11.5 Å². The Morgan fingerprint density at radius 2 is 1.64 bits per heavy atom. The summed E-state index contributed by atoms with van der Waals surface area (Å²) in [4.78, 5) is 16.8. The van der Waals surface area contributed by atoms with Gasteiger partial charge in [0.25, 0.3) is 0 Å². The molecule has 2 aliphatic rings. The highest BCUT2D eigenvalue weighted by Crippen LogP contribution is 2.32. The summed E-state index contributed by atoms with van der Waals surface area (Å²) in [5.74, 6) is 1.86. The lowest BCUT2D eigenvalue weighted by atomic mass is 10.1. The molecule has 0 bridgehead atoms. The van der Waals surface area contributed by atoms with Crippen LogP contribution in [0, 0.1) is 0 Å². The second-order valence-electron chi connectivity index (χ2n) is 6.51. The number of benzene rings is 2. The Kier molecular flexibility index (Phi) is 4.57. The molecule has 0 aromatic heterocycles. The summed E-state index contributed by atoms with van der Waals surface area (Å²) < 4.78 is 10.8. The van der Waals surface area contributed by atoms with E-state index in [0.717, 1.165) is 49.8 Å². The third kappa shape index (κ3) is 3.77. The normalized spacial score (nSPS) is 16.9. The number of ether oxygens (including phenoxy) is 2. The van der Waals surface area contributed by atoms with E-state index in [2.05, 4.69) is 17.0 Å². The molecule has 4 rings (SSSR count). The molecule has 0 N–H and O–H groups in total. The molecule has 1 fully saturated rings. The SMILES string of the molecule is O=C(Cc1ccccc1)N1CCN(Cc2ccc3c(c2)OCO3)CC1. The average Bonchev–Trinajstić information content (AvgIpc) is 3.11. The predicted molar refractivity (Wildman–Crippen MR) is 94.6 cm³/mol. The summed E-state index contributed by atoms with van der Waals surface area (Å²) >= 11 is 0. The third-order valence-electron chi connectivity index (χ3n) is 4.77. The quantitative estimate of drug-likeness (QED) is 0.858. The van der Waals surface area contributed by atoms with E-state index in [1.807, 2.05) is 41.3 Å². The fourth-order valence-electron chi connectivity index (χ4n) is 3.34. The Hall–Kier alpha value is -2.53. The molecule has 2 aliphatic heterocycles. The van der Waals surface area contributed by atoms with Gasteiger partial charge < -0.3 is 14.4 Å². The van der Waals surface area contributed by atoms with Crippen LogP contribution in [-0.4, -0.2) is 48.7 Å². The van der Waals surface area contributed by atoms with E-state index in [1.54, 1.807) is 0 Å². The number of nitrogens with zero attached hydrogens (tertiary/aromatic N) is 2. The average molecular weight is 338 g/mol. The summed E-state index contributed by atoms with van der Waals surface area (Å²) in [5.41, 5.74) is 2.30. The van der Waals surface area contributed by atoms with Crippen LogP contribution in [0.2, 0.25) is 0 Å². The number of carbonyl (C=O) groups excluding carboxylic acids is 1. The number of piperazine rings is 1. The van der Waals surface area contributed by atoms with Gasteiger partial charge in [-0.1, -0.05) is 36.4 Å². The lowest BCUT2D eigenvalue weighted by molar-refractivity contribution is -0.132. The van der Waals surface area contributed by atoms with Crippen molar-refractivity contribution in [3.63, 3.8) is 0 Å². The minimum Gasteiger partial charge on any atom is -0.454 e. The maximum absolute atomic E-state index is 12.4. The Balaban J connectivity index is 1.29. The molecule has 5 nitrogen and oxygen atoms in total. The smallest absolute Gasteiger partial charge is 0.231 e. The molecule has 0 atom stereocenters. The molecule has 1 saturated heterocycles. The van der Waals surface area contributed by atoms with Gasteiger partial charge in [-0.2, -0.15) is 0 Å². The van der Waals surface area contributed by atoms with Crippen molar-refractivity contribution < 1.29 is 14.3 Å². The number of fused-ring (bicyclic) bond motifs is 1. The van der Waals surface area contributed by atoms with Gasteiger partial charge in [-0.3, -0.25) is 9.69 Å². The predicted octanol–water partition coefficient (Wildman–Crippen LogP) is 2.30. The first-order chi connectivity index (χ1) is 12.3. The van der Waals surface area contributed by atoms with E-state index in [0.29, 0.717) is 13.2 Å². The van der Waals surface area contributed by atoms with Crippen LogP contribution in [0.4, 0.5) is 0 Å². The van der Waals surface area contributed by atoms with Crippen LogP contribution < -0.4 is 9.47 Å². The van der Waals surface area contributed by atoms with Crippen molar-refractivity contribution in [3.05, 3.63) is 59.7 Å². The van der Waals surface area contributed by atoms with Gasteiger partial charge in [0.05, 0.1) is 6.42 Å². The molecule has 0 unspecified atom stereocenters. The molecule has 5 heteroatoms. The molecule has 130 valence electrons. The zero-order chi connectivity index (χ0) is 17.1. The van der Waals surface area contributed by atoms with Crippen LogP contribution in [0.1, 0.15) is 11.1 Å². The van der Waals surface area contributed by atoms with Gasteiger partial charge in [-0.05, 0) is 23.3 Å². The molecule has 2 heterocycles. The van der Waals surface area contributed by atoms with E-state index in [9.17, 15) is 4.79 Å². The zero-order valence-corrected chi connectivity index (χ0v) is 14.2. The zero-order valence-electron chi connectivity index (χ0n) is 14.2. The van der Waals surface area contributed by atoms with Crippen molar-refractivity contribution in [2.24, 2.45) is 0 Å². The van der Waals surface area contributed by atoms with Crippen LogP contribution in [-0.2, 0) is 17.8 Å². The van der Waals surface area contributed by atoms with Crippen molar-refractivity contribution >= 4 is 5.91 Å². The Morgan fingerprint density at radius 1 is 0.880 bits per heavy atom. The van der Waals surface area contributed by atoms with Crippen LogP contribution in [0.25, 0.3) is 0 Å². The van der Waals surface area contributed by atoms with Gasteiger partial charge in [0.1, 0.15) is 0 Å². The van der Waals surface area contributed by atoms with Crippen molar-refractivity contribution in [1.82, 2.24) is 9.80 Å². The molecule has 0 saturated carbocycles. The topological polar surface area (TPSA) is 42.0 Å². The van der Waals surface area contributed by atoms with E-state index >= 15 is 0 Å². The summed E-state index contributed by atoms with van der Waals surface area (Å²) in [6, 6.07) is 16.1.